The summed E-state index contributed by atoms with van der Waals surface area (Å²) in [5.41, 5.74) is 2.82. The van der Waals surface area contributed by atoms with Gasteiger partial charge in [0.05, 0.1) is 6.61 Å². The Bertz CT molecular complexity index is 755. The minimum atomic E-state index is -0.996. The zero-order valence-electron chi connectivity index (χ0n) is 12.3. The first-order chi connectivity index (χ1) is 11.1. The second-order valence-electron chi connectivity index (χ2n) is 4.89. The van der Waals surface area contributed by atoms with Crippen molar-refractivity contribution in [1.82, 2.24) is 0 Å². The van der Waals surface area contributed by atoms with Crippen molar-refractivity contribution in [3.05, 3.63) is 82.9 Å². The van der Waals surface area contributed by atoms with Gasteiger partial charge in [-0.05, 0) is 34.9 Å². The van der Waals surface area contributed by atoms with Crippen molar-refractivity contribution in [2.75, 3.05) is 0 Å². The third-order valence-electron chi connectivity index (χ3n) is 3.18. The number of benzene rings is 2. The van der Waals surface area contributed by atoms with Gasteiger partial charge in [-0.1, -0.05) is 48.5 Å². The quantitative estimate of drug-likeness (QED) is 0.635. The maximum Gasteiger partial charge on any atom is 0.328 e. The minimum Gasteiger partial charge on any atom is -0.478 e. The molecule has 0 atom stereocenters. The van der Waals surface area contributed by atoms with E-state index in [0.717, 1.165) is 17.2 Å². The Labute approximate surface area is 134 Å². The van der Waals surface area contributed by atoms with Gasteiger partial charge in [0.2, 0.25) is 0 Å². The molecule has 2 rings (SSSR count). The van der Waals surface area contributed by atoms with E-state index >= 15 is 0 Å². The standard InChI is InChI=1S/C19H16O4/c20-13-16-2-1-3-17(12-16)18(21)10-8-14-4-6-15(7-5-14)9-11-19(22)23/h1-12,20H,13H2,(H,22,23)/b10-8+,11-9+. The molecule has 0 saturated heterocycles. The van der Waals surface area contributed by atoms with Crippen LogP contribution in [0.4, 0.5) is 0 Å². The average Bonchev–Trinajstić information content (AvgIpc) is 2.58. The van der Waals surface area contributed by atoms with Crippen LogP contribution in [-0.4, -0.2) is 22.0 Å². The number of aliphatic hydroxyl groups is 1. The van der Waals surface area contributed by atoms with Crippen LogP contribution in [0.2, 0.25) is 0 Å². The topological polar surface area (TPSA) is 74.6 Å². The van der Waals surface area contributed by atoms with Crippen LogP contribution < -0.4 is 0 Å². The number of carbonyl (C=O) groups excluding carboxylic acids is 1. The van der Waals surface area contributed by atoms with Crippen LogP contribution in [0.3, 0.4) is 0 Å². The van der Waals surface area contributed by atoms with Crippen molar-refractivity contribution in [3.8, 4) is 0 Å². The van der Waals surface area contributed by atoms with E-state index in [1.807, 2.05) is 0 Å². The SMILES string of the molecule is O=C(O)/C=C/c1ccc(/C=C/C(=O)c2cccc(CO)c2)cc1. The van der Waals surface area contributed by atoms with Gasteiger partial charge in [-0.3, -0.25) is 4.79 Å². The molecule has 0 aromatic heterocycles. The van der Waals surface area contributed by atoms with E-state index in [1.54, 1.807) is 54.6 Å². The molecule has 0 spiro atoms. The van der Waals surface area contributed by atoms with Crippen LogP contribution in [0, 0.1) is 0 Å². The fraction of sp³-hybridized carbons (Fsp3) is 0.0526. The zero-order chi connectivity index (χ0) is 16.7. The zero-order valence-corrected chi connectivity index (χ0v) is 12.3. The first kappa shape index (κ1) is 16.4. The van der Waals surface area contributed by atoms with Gasteiger partial charge in [-0.2, -0.15) is 0 Å². The lowest BCUT2D eigenvalue weighted by Crippen LogP contribution is -1.95. The third kappa shape index (κ3) is 5.05. The number of carboxylic acid groups (broad SMARTS) is 1. The second-order valence-corrected chi connectivity index (χ2v) is 4.89. The smallest absolute Gasteiger partial charge is 0.328 e. The lowest BCUT2D eigenvalue weighted by molar-refractivity contribution is -0.131. The lowest BCUT2D eigenvalue weighted by atomic mass is 10.1. The molecule has 4 nitrogen and oxygen atoms in total. The Hall–Kier alpha value is -2.98. The number of rotatable bonds is 6. The van der Waals surface area contributed by atoms with Crippen LogP contribution in [0.1, 0.15) is 27.0 Å². The summed E-state index contributed by atoms with van der Waals surface area (Å²) in [6.07, 6.45) is 5.74. The summed E-state index contributed by atoms with van der Waals surface area (Å²) >= 11 is 0. The Balaban J connectivity index is 2.07. The van der Waals surface area contributed by atoms with Gasteiger partial charge >= 0.3 is 5.97 Å². The van der Waals surface area contributed by atoms with Crippen LogP contribution in [0.15, 0.2) is 60.7 Å². The molecule has 2 aromatic rings. The molecule has 23 heavy (non-hydrogen) atoms. The van der Waals surface area contributed by atoms with Gasteiger partial charge in [-0.25, -0.2) is 4.79 Å². The molecule has 0 aliphatic carbocycles. The molecule has 4 heteroatoms. The Morgan fingerprint density at radius 3 is 2.09 bits per heavy atom. The van der Waals surface area contributed by atoms with E-state index in [-0.39, 0.29) is 12.4 Å². The van der Waals surface area contributed by atoms with E-state index in [9.17, 15) is 9.59 Å². The Kier molecular flexibility index (Phi) is 5.61. The normalized spacial score (nSPS) is 11.2. The molecule has 0 aliphatic heterocycles. The Morgan fingerprint density at radius 1 is 0.913 bits per heavy atom. The molecule has 0 saturated carbocycles. The number of aliphatic carboxylic acids is 1. The van der Waals surface area contributed by atoms with Gasteiger partial charge in [0, 0.05) is 11.6 Å². The maximum absolute atomic E-state index is 12.1. The Morgan fingerprint density at radius 2 is 1.52 bits per heavy atom. The fourth-order valence-corrected chi connectivity index (χ4v) is 1.98. The first-order valence-electron chi connectivity index (χ1n) is 7.02. The maximum atomic E-state index is 12.1. The molecule has 0 fully saturated rings. The largest absolute Gasteiger partial charge is 0.478 e. The summed E-state index contributed by atoms with van der Waals surface area (Å²) in [6, 6.07) is 14.0. The van der Waals surface area contributed by atoms with E-state index in [4.69, 9.17) is 10.2 Å². The molecule has 0 bridgehead atoms. The van der Waals surface area contributed by atoms with Gasteiger partial charge in [0.15, 0.2) is 5.78 Å². The molecule has 2 aromatic carbocycles. The first-order valence-corrected chi connectivity index (χ1v) is 7.02. The summed E-state index contributed by atoms with van der Waals surface area (Å²) in [4.78, 5) is 22.5. The van der Waals surface area contributed by atoms with E-state index < -0.39 is 5.97 Å². The molecule has 0 heterocycles. The highest BCUT2D eigenvalue weighted by atomic mass is 16.4. The van der Waals surface area contributed by atoms with Crippen LogP contribution in [0.5, 0.6) is 0 Å². The monoisotopic (exact) mass is 308 g/mol. The van der Waals surface area contributed by atoms with Crippen molar-refractivity contribution in [2.45, 2.75) is 6.61 Å². The highest BCUT2D eigenvalue weighted by Crippen LogP contribution is 2.10. The summed E-state index contributed by atoms with van der Waals surface area (Å²) in [7, 11) is 0. The number of hydrogen-bond donors (Lipinski definition) is 2. The third-order valence-corrected chi connectivity index (χ3v) is 3.18. The highest BCUT2D eigenvalue weighted by Gasteiger charge is 2.02. The van der Waals surface area contributed by atoms with Crippen molar-refractivity contribution >= 4 is 23.9 Å². The number of hydrogen-bond acceptors (Lipinski definition) is 3. The van der Waals surface area contributed by atoms with E-state index in [1.165, 1.54) is 12.2 Å². The second kappa shape index (κ2) is 7.87. The molecule has 0 amide bonds. The summed E-state index contributed by atoms with van der Waals surface area (Å²) in [5.74, 6) is -1.14. The van der Waals surface area contributed by atoms with Gasteiger partial charge in [-0.15, -0.1) is 0 Å². The predicted molar refractivity (Wildman–Crippen MR) is 88.8 cm³/mol. The minimum absolute atomic E-state index is 0.101. The van der Waals surface area contributed by atoms with Crippen molar-refractivity contribution < 1.29 is 19.8 Å². The number of carboxylic acids is 1. The van der Waals surface area contributed by atoms with Crippen LogP contribution in [-0.2, 0) is 11.4 Å². The fourth-order valence-electron chi connectivity index (χ4n) is 1.98. The van der Waals surface area contributed by atoms with Crippen molar-refractivity contribution in [2.24, 2.45) is 0 Å². The highest BCUT2D eigenvalue weighted by molar-refractivity contribution is 6.06. The average molecular weight is 308 g/mol. The summed E-state index contributed by atoms with van der Waals surface area (Å²) < 4.78 is 0. The summed E-state index contributed by atoms with van der Waals surface area (Å²) in [6.45, 7) is -0.101. The predicted octanol–water partition coefficient (Wildman–Crippen LogP) is 3.17. The molecular formula is C19H16O4. The van der Waals surface area contributed by atoms with Gasteiger partial charge in [0.1, 0.15) is 0 Å². The summed E-state index contributed by atoms with van der Waals surface area (Å²) in [5, 5.41) is 17.7. The molecular weight excluding hydrogens is 292 g/mol. The molecule has 0 radical (unpaired) electrons. The van der Waals surface area contributed by atoms with E-state index in [0.29, 0.717) is 11.1 Å². The molecule has 116 valence electrons. The lowest BCUT2D eigenvalue weighted by Gasteiger charge is -2.00. The number of aliphatic hydroxyl groups excluding tert-OH is 1. The number of allylic oxidation sites excluding steroid dienone is 1. The van der Waals surface area contributed by atoms with E-state index in [2.05, 4.69) is 0 Å². The molecule has 2 N–H and O–H groups in total. The van der Waals surface area contributed by atoms with Crippen molar-refractivity contribution in [1.29, 1.82) is 0 Å². The molecule has 0 aliphatic rings. The van der Waals surface area contributed by atoms with Crippen LogP contribution >= 0.6 is 0 Å². The van der Waals surface area contributed by atoms with Gasteiger partial charge < -0.3 is 10.2 Å². The number of carbonyl (C=O) groups is 2. The van der Waals surface area contributed by atoms with Gasteiger partial charge in [0.25, 0.3) is 0 Å². The van der Waals surface area contributed by atoms with Crippen LogP contribution in [0.25, 0.3) is 12.2 Å². The molecule has 0 unspecified atom stereocenters. The number of ketones is 1. The van der Waals surface area contributed by atoms with Crippen molar-refractivity contribution in [3.63, 3.8) is 0 Å².